The summed E-state index contributed by atoms with van der Waals surface area (Å²) >= 11 is 0. The number of pyridine rings is 2. The maximum Gasteiger partial charge on any atom is 0.416 e. The zero-order valence-corrected chi connectivity index (χ0v) is 76.8. The number of rotatable bonds is 25. The number of allylic oxidation sites excluding steroid dienone is 2. The molecule has 0 bridgehead atoms. The van der Waals surface area contributed by atoms with E-state index in [0.717, 1.165) is 149 Å². The molecule has 1 fully saturated rings. The van der Waals surface area contributed by atoms with Gasteiger partial charge in [0.05, 0.1) is 60.9 Å². The highest BCUT2D eigenvalue weighted by Crippen LogP contribution is 2.43. The van der Waals surface area contributed by atoms with Crippen molar-refractivity contribution in [1.29, 1.82) is 5.26 Å². The van der Waals surface area contributed by atoms with Crippen LogP contribution >= 0.6 is 0 Å². The second-order valence-corrected chi connectivity index (χ2v) is 32.2. The number of hydrogen-bond acceptors (Lipinski definition) is 19. The molecule has 7 aromatic carbocycles. The number of ketones is 2. The van der Waals surface area contributed by atoms with Gasteiger partial charge in [-0.3, -0.25) is 14.4 Å². The lowest BCUT2D eigenvalue weighted by Crippen LogP contribution is -2.15. The summed E-state index contributed by atoms with van der Waals surface area (Å²) in [6.45, 7) is 19.6. The maximum atomic E-state index is 14.7. The molecular weight excluding hydrogens is 1770 g/mol. The smallest absolute Gasteiger partial charge is 0.416 e. The number of carboxylic acids is 1. The van der Waals surface area contributed by atoms with E-state index < -0.39 is 64.0 Å². The van der Waals surface area contributed by atoms with Gasteiger partial charge in [0, 0.05) is 90.4 Å². The molecule has 710 valence electrons. The van der Waals surface area contributed by atoms with Crippen LogP contribution in [0.4, 0.5) is 36.4 Å². The van der Waals surface area contributed by atoms with Crippen LogP contribution < -0.4 is 29.0 Å². The highest BCUT2D eigenvalue weighted by Gasteiger charge is 2.33. The number of aliphatic hydroxyl groups is 1. The number of carbonyl (C=O) groups excluding carboxylic acids is 3. The first-order valence-electron chi connectivity index (χ1n) is 44.0. The predicted molar refractivity (Wildman–Crippen MR) is 505 cm³/mol. The van der Waals surface area contributed by atoms with Gasteiger partial charge < -0.3 is 43.6 Å². The second kappa shape index (κ2) is 47.3. The highest BCUT2D eigenvalue weighted by molar-refractivity contribution is 6.07. The molecule has 3 N–H and O–H groups in total. The van der Waals surface area contributed by atoms with Crippen LogP contribution in [0.15, 0.2) is 252 Å². The normalized spacial score (nSPS) is 12.6. The number of para-hydroxylation sites is 1. The Bertz CT molecular complexity index is 6640. The molecule has 1 amide bonds. The quantitative estimate of drug-likeness (QED) is 0.0207. The highest BCUT2D eigenvalue weighted by atomic mass is 19.4. The number of ether oxygens (including phenoxy) is 5. The first-order chi connectivity index (χ1) is 65.3. The maximum absolute atomic E-state index is 14.7. The third-order valence-corrected chi connectivity index (χ3v) is 21.9. The Balaban J connectivity index is 0.000000159. The van der Waals surface area contributed by atoms with E-state index in [4.69, 9.17) is 43.6 Å². The number of benzene rings is 7. The van der Waals surface area contributed by atoms with Gasteiger partial charge in [-0.15, -0.1) is 15.3 Å². The van der Waals surface area contributed by atoms with Crippen LogP contribution in [0.1, 0.15) is 176 Å². The van der Waals surface area contributed by atoms with E-state index in [9.17, 15) is 49.9 Å². The first-order valence-corrected chi connectivity index (χ1v) is 44.0. The van der Waals surface area contributed by atoms with Crippen LogP contribution in [0.2, 0.25) is 0 Å². The number of hydrogen-bond donors (Lipinski definition) is 3. The van der Waals surface area contributed by atoms with Crippen LogP contribution in [0.5, 0.6) is 34.9 Å². The number of fused-ring (bicyclic) bond motifs is 1. The van der Waals surface area contributed by atoms with Crippen LogP contribution in [-0.2, 0) is 46.2 Å². The Hall–Kier alpha value is -15.6. The molecule has 14 aromatic rings. The van der Waals surface area contributed by atoms with E-state index in [-0.39, 0.29) is 65.8 Å². The van der Waals surface area contributed by atoms with Gasteiger partial charge in [0.15, 0.2) is 52.0 Å². The van der Waals surface area contributed by atoms with Gasteiger partial charge in [0.2, 0.25) is 17.5 Å². The molecule has 3 aliphatic rings. The lowest BCUT2D eigenvalue weighted by atomic mass is 9.91. The van der Waals surface area contributed by atoms with Crippen molar-refractivity contribution in [1.82, 2.24) is 49.3 Å². The minimum absolute atomic E-state index is 0. The Labute approximate surface area is 789 Å². The Morgan fingerprint density at radius 1 is 0.599 bits per heavy atom. The van der Waals surface area contributed by atoms with Crippen LogP contribution in [0.25, 0.3) is 39.8 Å². The van der Waals surface area contributed by atoms with Gasteiger partial charge in [-0.25, -0.2) is 51.7 Å². The van der Waals surface area contributed by atoms with Gasteiger partial charge in [-0.2, -0.15) is 23.1 Å². The minimum atomic E-state index is -4.46. The van der Waals surface area contributed by atoms with Crippen molar-refractivity contribution >= 4 is 29.1 Å². The third kappa shape index (κ3) is 26.5. The fourth-order valence-corrected chi connectivity index (χ4v) is 14.9. The fraction of sp³-hybridized carbons (Fsp3) is 0.264. The molecule has 0 aliphatic heterocycles. The fourth-order valence-electron chi connectivity index (χ4n) is 14.9. The summed E-state index contributed by atoms with van der Waals surface area (Å²) in [5.41, 5.74) is 14.0. The number of carbonyl (C=O) groups is 4. The van der Waals surface area contributed by atoms with E-state index in [1.54, 1.807) is 75.6 Å². The average molecular weight is 1870 g/mol. The van der Waals surface area contributed by atoms with E-state index in [1.807, 2.05) is 111 Å². The monoisotopic (exact) mass is 1870 g/mol. The van der Waals surface area contributed by atoms with Crippen LogP contribution in [0.3, 0.4) is 0 Å². The van der Waals surface area contributed by atoms with Crippen molar-refractivity contribution in [2.45, 2.75) is 165 Å². The Morgan fingerprint density at radius 3 is 1.77 bits per heavy atom. The van der Waals surface area contributed by atoms with Crippen molar-refractivity contribution in [2.24, 2.45) is 0 Å². The topological polar surface area (TPSA) is 309 Å². The molecular formula is C106H105F7N12O12. The van der Waals surface area contributed by atoms with Crippen molar-refractivity contribution in [3.8, 4) is 80.8 Å². The number of aromatic nitrogens is 10. The third-order valence-electron chi connectivity index (χ3n) is 21.9. The zero-order valence-electron chi connectivity index (χ0n) is 76.8. The van der Waals surface area contributed by atoms with Gasteiger partial charge in [0.25, 0.3) is 17.7 Å². The number of nitrogens with one attached hydrogen (secondary N) is 1. The molecule has 7 aromatic heterocycles. The number of nitriles is 1. The standard InChI is InChI=1S/C21H20F3N3O2.C21H19FO4.C19H21N3O.C17H18N4O.C15H14O2.C12H9F3N2O2.CH4/c1-11(2)28-21-18(29-19-15(22)5-4-6-16(19)23)12(3)27(26-21)20-17(24)9-14(10-25-20)13-7-8-13;1-26-16-5-2-4-13(10-16)14-8-9-15(19(22)11-14)12-20(23)17-6-3-7-18(17)21(24)25;1-4-23-19-17(12-16-8-6-5-7-9-16)15(3)22(21-19)18-11-10-14(2)13-20-18;1-3-22-16-15(12-14-8-5-4-6-9-14)13(2)21(20-16)17-18-10-7-11-19-17;1-10-4-2-5-11(8-10)12-9-17-14-7-3-6-13(16)15(12)14;1-7(18)10(6-16)11(19)17-9-4-2-8(3-5-9)12(13,14)15;/h4-6,9-11,13H,7-8H2,1-3H3;2,4-5,8-11H,3,6-7,12H2,1H3,(H,24,25);5-11,13H,4,12H2,1-3H3;4-11H,3,12H2,1-2H3;2,4-5,8-9H,3,6-7H2,1H3;2-5,18H,1H3,(H,17,19);1H4/b;;;;;10-7-;. The summed E-state index contributed by atoms with van der Waals surface area (Å²) in [4.78, 5) is 64.3. The first kappa shape index (κ1) is 102. The van der Waals surface area contributed by atoms with Crippen LogP contribution in [-0.4, -0.2) is 109 Å². The number of aliphatic hydroxyl groups excluding tert-OH is 1. The summed E-state index contributed by atoms with van der Waals surface area (Å²) in [6, 6.07) is 56.7. The number of anilines is 1. The second-order valence-electron chi connectivity index (χ2n) is 32.2. The molecule has 1 saturated carbocycles. The average Bonchev–Trinajstić information content (AvgIpc) is 1.64. The molecule has 0 unspecified atom stereocenters. The Morgan fingerprint density at radius 2 is 1.20 bits per heavy atom. The molecule has 0 saturated heterocycles. The summed E-state index contributed by atoms with van der Waals surface area (Å²) < 4.78 is 132. The van der Waals surface area contributed by atoms with Crippen molar-refractivity contribution in [3.63, 3.8) is 0 Å². The number of halogens is 7. The van der Waals surface area contributed by atoms with E-state index in [0.29, 0.717) is 85.1 Å². The molecule has 0 radical (unpaired) electrons. The number of carboxylic acid groups (broad SMARTS) is 1. The number of amides is 1. The SMILES string of the molecule is C.C/C(O)=C(\C#N)C(=O)Nc1ccc(C(F)(F)F)cc1.CCOc1nn(-c2ccc(C)cn2)c(C)c1Cc1ccccc1.CCOc1nn(-c2ncccn2)c(C)c1Cc1ccccc1.COc1cccc(-c2ccc(CC(=O)C3=C(C(=O)O)CCC3)c(F)c2)c1.Cc1c(Oc2c(F)cccc2F)c(OC(C)C)nn1-c1ncc(C2CC2)cc1F.Cc1cccc(-c2coc3c2C(=O)CCC3)c1. The zero-order chi connectivity index (χ0) is 97.4. The molecule has 0 spiro atoms. The number of methoxy groups -OCH3 is 1. The Kier molecular flexibility index (Phi) is 35.2. The number of alkyl halides is 3. The van der Waals surface area contributed by atoms with Crippen LogP contribution in [0, 0.1) is 69.2 Å². The molecule has 31 heteroatoms. The van der Waals surface area contributed by atoms with Gasteiger partial charge in [-0.1, -0.05) is 134 Å². The predicted octanol–water partition coefficient (Wildman–Crippen LogP) is 23.9. The lowest BCUT2D eigenvalue weighted by Gasteiger charge is -2.11. The number of furan rings is 1. The summed E-state index contributed by atoms with van der Waals surface area (Å²) in [5.74, 6) is -1.29. The van der Waals surface area contributed by atoms with E-state index in [2.05, 4.69) is 103 Å². The van der Waals surface area contributed by atoms with E-state index >= 15 is 0 Å². The molecule has 137 heavy (non-hydrogen) atoms. The van der Waals surface area contributed by atoms with Crippen molar-refractivity contribution < 1.29 is 88.2 Å². The number of Topliss-reactive ketones (excluding diaryl/α,β-unsaturated/α-hetero) is 2. The number of aliphatic carboxylic acids is 1. The summed E-state index contributed by atoms with van der Waals surface area (Å²) in [7, 11) is 1.57. The summed E-state index contributed by atoms with van der Waals surface area (Å²) in [5, 5.41) is 42.5. The van der Waals surface area contributed by atoms with Crippen molar-refractivity contribution in [2.75, 3.05) is 25.6 Å². The number of aryl methyl sites for hydroxylation is 3. The van der Waals surface area contributed by atoms with Crippen molar-refractivity contribution in [3.05, 3.63) is 349 Å². The van der Waals surface area contributed by atoms with Gasteiger partial charge >= 0.3 is 12.1 Å². The molecule has 7 heterocycles. The molecule has 24 nitrogen and oxygen atoms in total. The summed E-state index contributed by atoms with van der Waals surface area (Å²) in [6.07, 6.45) is 11.3. The largest absolute Gasteiger partial charge is 0.511 e. The molecule has 0 atom stereocenters. The van der Waals surface area contributed by atoms with E-state index in [1.165, 1.54) is 45.6 Å². The number of nitrogens with zero attached hydrogens (tertiary/aromatic N) is 11. The minimum Gasteiger partial charge on any atom is -0.511 e. The van der Waals surface area contributed by atoms with Gasteiger partial charge in [-0.05, 0) is 231 Å². The molecule has 3 aliphatic carbocycles. The molecule has 17 rings (SSSR count). The lowest BCUT2D eigenvalue weighted by molar-refractivity contribution is -0.137. The van der Waals surface area contributed by atoms with Gasteiger partial charge in [0.1, 0.15) is 29.2 Å².